The fraction of sp³-hybridized carbons (Fsp3) is 0.238. The van der Waals surface area contributed by atoms with Crippen molar-refractivity contribution < 1.29 is 32.2 Å². The zero-order chi connectivity index (χ0) is 22.6. The molecule has 3 rings (SSSR count). The fourth-order valence-electron chi connectivity index (χ4n) is 3.27. The van der Waals surface area contributed by atoms with Crippen LogP contribution in [0.4, 0.5) is 5.69 Å². The smallest absolute Gasteiger partial charge is 0.331 e. The molecule has 0 aliphatic carbocycles. The highest BCUT2D eigenvalue weighted by Crippen LogP contribution is 2.40. The number of benzene rings is 2. The molecular weight excluding hydrogens is 424 g/mol. The van der Waals surface area contributed by atoms with Gasteiger partial charge in [0.05, 0.1) is 19.9 Å². The molecule has 1 amide bonds. The summed E-state index contributed by atoms with van der Waals surface area (Å²) in [6.07, 6.45) is 3.01. The zero-order valence-corrected chi connectivity index (χ0v) is 17.8. The summed E-state index contributed by atoms with van der Waals surface area (Å²) >= 11 is 0. The van der Waals surface area contributed by atoms with Crippen molar-refractivity contribution in [2.75, 3.05) is 31.7 Å². The van der Waals surface area contributed by atoms with Gasteiger partial charge in [-0.2, -0.15) is 0 Å². The summed E-state index contributed by atoms with van der Waals surface area (Å²) in [7, 11) is -1.26. The van der Waals surface area contributed by atoms with Crippen LogP contribution in [-0.2, 0) is 30.8 Å². The maximum atomic E-state index is 13.5. The van der Waals surface area contributed by atoms with Crippen LogP contribution in [0.1, 0.15) is 11.1 Å². The molecule has 0 radical (unpaired) electrons. The van der Waals surface area contributed by atoms with Gasteiger partial charge in [-0.05, 0) is 41.8 Å². The van der Waals surface area contributed by atoms with Gasteiger partial charge in [0, 0.05) is 12.6 Å². The van der Waals surface area contributed by atoms with Gasteiger partial charge >= 0.3 is 5.97 Å². The number of hydrogen-bond donors (Lipinski definition) is 1. The van der Waals surface area contributed by atoms with E-state index in [2.05, 4.69) is 4.74 Å². The minimum absolute atomic E-state index is 0.0559. The van der Waals surface area contributed by atoms with Crippen LogP contribution in [0.5, 0.6) is 11.5 Å². The first-order valence-corrected chi connectivity index (χ1v) is 10.7. The zero-order valence-electron chi connectivity index (χ0n) is 17.0. The van der Waals surface area contributed by atoms with Gasteiger partial charge in [-0.3, -0.25) is 9.10 Å². The number of rotatable bonds is 8. The molecule has 1 aliphatic rings. The normalized spacial score (nSPS) is 13.2. The third-order valence-electron chi connectivity index (χ3n) is 4.65. The maximum absolute atomic E-state index is 13.5. The number of methoxy groups -OCH3 is 2. The molecule has 2 aromatic rings. The van der Waals surface area contributed by atoms with Gasteiger partial charge in [-0.25, -0.2) is 13.2 Å². The average molecular weight is 446 g/mol. The first-order chi connectivity index (χ1) is 14.8. The van der Waals surface area contributed by atoms with Crippen molar-refractivity contribution in [3.63, 3.8) is 0 Å². The lowest BCUT2D eigenvalue weighted by Gasteiger charge is -2.22. The van der Waals surface area contributed by atoms with Crippen molar-refractivity contribution >= 4 is 33.7 Å². The van der Waals surface area contributed by atoms with Crippen LogP contribution < -0.4 is 19.5 Å². The number of carbonyl (C=O) groups excluding carboxylic acids is 2. The molecule has 0 unspecified atom stereocenters. The summed E-state index contributed by atoms with van der Waals surface area (Å²) in [4.78, 5) is 22.3. The first kappa shape index (κ1) is 22.2. The second-order valence-electron chi connectivity index (χ2n) is 6.62. The lowest BCUT2D eigenvalue weighted by atomic mass is 10.2. The quantitative estimate of drug-likeness (QED) is 0.481. The number of anilines is 1. The number of amides is 1. The van der Waals surface area contributed by atoms with Gasteiger partial charge < -0.3 is 19.9 Å². The van der Waals surface area contributed by atoms with E-state index < -0.39 is 28.5 Å². The summed E-state index contributed by atoms with van der Waals surface area (Å²) in [5.74, 6) is -1.35. The average Bonchev–Trinajstić information content (AvgIpc) is 3.20. The van der Waals surface area contributed by atoms with E-state index in [1.165, 1.54) is 36.7 Å². The van der Waals surface area contributed by atoms with Crippen LogP contribution in [0, 0.1) is 0 Å². The van der Waals surface area contributed by atoms with Gasteiger partial charge in [0.15, 0.2) is 18.1 Å². The van der Waals surface area contributed by atoms with Gasteiger partial charge in [0.25, 0.3) is 15.9 Å². The Morgan fingerprint density at radius 1 is 1.16 bits per heavy atom. The maximum Gasteiger partial charge on any atom is 0.331 e. The molecule has 164 valence electrons. The SMILES string of the molecule is COc1cc(C=CC(=O)OCC(N)=O)cc(S(=O)(=O)N2CCc3ccccc32)c1OC. The molecule has 9 nitrogen and oxygen atoms in total. The van der Waals surface area contributed by atoms with Gasteiger partial charge in [-0.1, -0.05) is 18.2 Å². The number of nitrogens with two attached hydrogens (primary N) is 1. The number of nitrogens with zero attached hydrogens (tertiary/aromatic N) is 1. The Morgan fingerprint density at radius 3 is 2.58 bits per heavy atom. The minimum Gasteiger partial charge on any atom is -0.493 e. The number of para-hydroxylation sites is 1. The van der Waals surface area contributed by atoms with Gasteiger partial charge in [0.1, 0.15) is 4.90 Å². The highest BCUT2D eigenvalue weighted by atomic mass is 32.2. The lowest BCUT2D eigenvalue weighted by molar-refractivity contribution is -0.142. The molecule has 0 atom stereocenters. The Kier molecular flexibility index (Phi) is 6.50. The monoisotopic (exact) mass is 446 g/mol. The molecule has 1 heterocycles. The molecule has 2 N–H and O–H groups in total. The topological polar surface area (TPSA) is 125 Å². The number of ether oxygens (including phenoxy) is 3. The Bertz CT molecular complexity index is 1140. The molecule has 0 saturated heterocycles. The summed E-state index contributed by atoms with van der Waals surface area (Å²) in [6.45, 7) is -0.254. The lowest BCUT2D eigenvalue weighted by Crippen LogP contribution is -2.29. The Morgan fingerprint density at radius 2 is 1.90 bits per heavy atom. The number of primary amides is 1. The van der Waals surface area contributed by atoms with Crippen LogP contribution in [-0.4, -0.2) is 47.7 Å². The van der Waals surface area contributed by atoms with Crippen LogP contribution in [0.25, 0.3) is 6.08 Å². The van der Waals surface area contributed by atoms with Crippen LogP contribution >= 0.6 is 0 Å². The Labute approximate surface area is 180 Å². The van der Waals surface area contributed by atoms with E-state index in [0.717, 1.165) is 11.6 Å². The highest BCUT2D eigenvalue weighted by molar-refractivity contribution is 7.93. The molecular formula is C21H22N2O7S. The third-order valence-corrected chi connectivity index (χ3v) is 6.47. The van der Waals surface area contributed by atoms with Crippen molar-refractivity contribution in [2.24, 2.45) is 5.73 Å². The van der Waals surface area contributed by atoms with Crippen molar-refractivity contribution in [1.29, 1.82) is 0 Å². The van der Waals surface area contributed by atoms with E-state index in [1.807, 2.05) is 12.1 Å². The van der Waals surface area contributed by atoms with Gasteiger partial charge in [-0.15, -0.1) is 0 Å². The fourth-order valence-corrected chi connectivity index (χ4v) is 4.98. The van der Waals surface area contributed by atoms with Crippen molar-refractivity contribution in [2.45, 2.75) is 11.3 Å². The third kappa shape index (κ3) is 4.64. The number of hydrogen-bond acceptors (Lipinski definition) is 7. The van der Waals surface area contributed by atoms with E-state index in [1.54, 1.807) is 12.1 Å². The summed E-state index contributed by atoms with van der Waals surface area (Å²) in [6, 6.07) is 10.2. The number of esters is 1. The molecule has 31 heavy (non-hydrogen) atoms. The number of carbonyl (C=O) groups is 2. The Hall–Kier alpha value is -3.53. The predicted molar refractivity (Wildman–Crippen MR) is 113 cm³/mol. The molecule has 0 saturated carbocycles. The summed E-state index contributed by atoms with van der Waals surface area (Å²) < 4.78 is 43.7. The molecule has 2 aromatic carbocycles. The largest absolute Gasteiger partial charge is 0.493 e. The number of fused-ring (bicyclic) bond motifs is 1. The van der Waals surface area contributed by atoms with E-state index in [0.29, 0.717) is 24.2 Å². The standard InChI is InChI=1S/C21H22N2O7S/c1-28-17-11-14(7-8-20(25)30-13-19(22)24)12-18(21(17)29-2)31(26,27)23-10-9-15-5-3-4-6-16(15)23/h3-8,11-12H,9-10,13H2,1-2H3,(H2,22,24). The molecule has 0 fully saturated rings. The Balaban J connectivity index is 2.02. The number of sulfonamides is 1. The van der Waals surface area contributed by atoms with Crippen molar-refractivity contribution in [1.82, 2.24) is 0 Å². The first-order valence-electron chi connectivity index (χ1n) is 9.27. The van der Waals surface area contributed by atoms with Crippen LogP contribution in [0.15, 0.2) is 47.4 Å². The predicted octanol–water partition coefficient (Wildman–Crippen LogP) is 1.50. The summed E-state index contributed by atoms with van der Waals surface area (Å²) in [5, 5.41) is 0. The van der Waals surface area contributed by atoms with E-state index >= 15 is 0 Å². The van der Waals surface area contributed by atoms with Crippen molar-refractivity contribution in [3.05, 3.63) is 53.6 Å². The molecule has 0 aromatic heterocycles. The van der Waals surface area contributed by atoms with E-state index in [9.17, 15) is 18.0 Å². The second-order valence-corrected chi connectivity index (χ2v) is 8.45. The molecule has 0 bridgehead atoms. The summed E-state index contributed by atoms with van der Waals surface area (Å²) in [5.41, 5.74) is 6.84. The highest BCUT2D eigenvalue weighted by Gasteiger charge is 2.34. The molecule has 0 spiro atoms. The van der Waals surface area contributed by atoms with Crippen LogP contribution in [0.2, 0.25) is 0 Å². The minimum atomic E-state index is -3.99. The van der Waals surface area contributed by atoms with Crippen molar-refractivity contribution in [3.8, 4) is 11.5 Å². The van der Waals surface area contributed by atoms with Gasteiger partial charge in [0.2, 0.25) is 0 Å². The van der Waals surface area contributed by atoms with Crippen LogP contribution in [0.3, 0.4) is 0 Å². The second kappa shape index (κ2) is 9.09. The van der Waals surface area contributed by atoms with E-state index in [4.69, 9.17) is 15.2 Å². The molecule has 10 heteroatoms. The molecule has 1 aliphatic heterocycles. The van der Waals surface area contributed by atoms with E-state index in [-0.39, 0.29) is 16.4 Å².